The number of benzene rings is 2. The van der Waals surface area contributed by atoms with Gasteiger partial charge >= 0.3 is 0 Å². The predicted octanol–water partition coefficient (Wildman–Crippen LogP) is 5.33. The number of phenols is 1. The van der Waals surface area contributed by atoms with E-state index in [-0.39, 0.29) is 24.0 Å². The topological polar surface area (TPSA) is 83.0 Å². The lowest BCUT2D eigenvalue weighted by atomic mass is 9.87. The number of piperazine rings is 1. The average Bonchev–Trinajstić information content (AvgIpc) is 2.98. The summed E-state index contributed by atoms with van der Waals surface area (Å²) < 4.78 is 5.99. The molecule has 7 heteroatoms. The number of hydrogen-bond acceptors (Lipinski definition) is 5. The second-order valence-corrected chi connectivity index (χ2v) is 10.7. The van der Waals surface area contributed by atoms with Crippen LogP contribution in [0.5, 0.6) is 11.5 Å². The number of pyridine rings is 1. The maximum atomic E-state index is 13.2. The molecule has 2 amide bonds. The third-order valence-corrected chi connectivity index (χ3v) is 7.85. The van der Waals surface area contributed by atoms with Crippen LogP contribution in [0.1, 0.15) is 54.4 Å². The number of amides is 2. The monoisotopic (exact) mass is 527 g/mol. The van der Waals surface area contributed by atoms with Gasteiger partial charge in [0.2, 0.25) is 5.91 Å². The molecule has 0 unspecified atom stereocenters. The highest BCUT2D eigenvalue weighted by Gasteiger charge is 2.25. The average molecular weight is 528 g/mol. The maximum Gasteiger partial charge on any atom is 0.254 e. The summed E-state index contributed by atoms with van der Waals surface area (Å²) in [5, 5.41) is 9.77. The minimum atomic E-state index is -0.0251. The molecule has 1 aliphatic heterocycles. The number of ether oxygens (including phenoxy) is 1. The van der Waals surface area contributed by atoms with Crippen molar-refractivity contribution in [2.45, 2.75) is 44.9 Å². The Morgan fingerprint density at radius 3 is 2.44 bits per heavy atom. The predicted molar refractivity (Wildman–Crippen MR) is 151 cm³/mol. The van der Waals surface area contributed by atoms with Gasteiger partial charge in [-0.3, -0.25) is 14.6 Å². The van der Waals surface area contributed by atoms with Crippen LogP contribution in [-0.4, -0.2) is 64.5 Å². The van der Waals surface area contributed by atoms with Crippen LogP contribution in [0.25, 0.3) is 11.1 Å². The zero-order chi connectivity index (χ0) is 27.0. The van der Waals surface area contributed by atoms with E-state index in [1.165, 1.54) is 32.1 Å². The molecule has 0 atom stereocenters. The van der Waals surface area contributed by atoms with Crippen molar-refractivity contribution in [1.82, 2.24) is 14.8 Å². The molecule has 2 fully saturated rings. The lowest BCUT2D eigenvalue weighted by molar-refractivity contribution is -0.131. The molecule has 7 nitrogen and oxygen atoms in total. The summed E-state index contributed by atoms with van der Waals surface area (Å²) in [4.78, 5) is 34.1. The molecule has 0 spiro atoms. The first-order valence-corrected chi connectivity index (χ1v) is 14.1. The second kappa shape index (κ2) is 12.8. The Labute approximate surface area is 230 Å². The first kappa shape index (κ1) is 26.7. The molecule has 5 rings (SSSR count). The highest BCUT2D eigenvalue weighted by molar-refractivity contribution is 5.94. The first-order chi connectivity index (χ1) is 19.0. The van der Waals surface area contributed by atoms with E-state index in [0.29, 0.717) is 38.3 Å². The van der Waals surface area contributed by atoms with E-state index in [0.717, 1.165) is 34.8 Å². The van der Waals surface area contributed by atoms with Crippen molar-refractivity contribution in [2.24, 2.45) is 5.92 Å². The zero-order valence-electron chi connectivity index (χ0n) is 22.4. The van der Waals surface area contributed by atoms with Crippen LogP contribution in [0.2, 0.25) is 0 Å². The quantitative estimate of drug-likeness (QED) is 0.428. The van der Waals surface area contributed by atoms with E-state index in [2.05, 4.69) is 4.98 Å². The van der Waals surface area contributed by atoms with Crippen molar-refractivity contribution in [3.8, 4) is 22.6 Å². The number of phenolic OH excluding ortho intramolecular Hbond substituents is 1. The van der Waals surface area contributed by atoms with Crippen molar-refractivity contribution >= 4 is 11.8 Å². The molecule has 1 aromatic heterocycles. The van der Waals surface area contributed by atoms with Gasteiger partial charge in [-0.2, -0.15) is 0 Å². The number of nitrogens with zero attached hydrogens (tertiary/aromatic N) is 3. The molecule has 1 saturated carbocycles. The molecule has 2 aromatic carbocycles. The van der Waals surface area contributed by atoms with Crippen molar-refractivity contribution in [3.63, 3.8) is 0 Å². The SMILES string of the molecule is O=C(Cc1cncc(-c2cccc(O)c2)c1)N1CCN(C(=O)c2cccc(OCCC3CCCCC3)c2)CC1. The van der Waals surface area contributed by atoms with Crippen LogP contribution >= 0.6 is 0 Å². The zero-order valence-corrected chi connectivity index (χ0v) is 22.4. The van der Waals surface area contributed by atoms with Gasteiger partial charge in [-0.25, -0.2) is 0 Å². The summed E-state index contributed by atoms with van der Waals surface area (Å²) >= 11 is 0. The van der Waals surface area contributed by atoms with Gasteiger partial charge in [0.15, 0.2) is 0 Å². The highest BCUT2D eigenvalue weighted by Crippen LogP contribution is 2.27. The number of aromatic nitrogens is 1. The van der Waals surface area contributed by atoms with E-state index in [1.807, 2.05) is 46.2 Å². The van der Waals surface area contributed by atoms with Crippen LogP contribution in [0.4, 0.5) is 0 Å². The van der Waals surface area contributed by atoms with Crippen molar-refractivity contribution in [3.05, 3.63) is 78.1 Å². The second-order valence-electron chi connectivity index (χ2n) is 10.7. The summed E-state index contributed by atoms with van der Waals surface area (Å²) in [6, 6.07) is 16.4. The Kier molecular flexibility index (Phi) is 8.76. The number of carbonyl (C=O) groups is 2. The Balaban J connectivity index is 1.11. The first-order valence-electron chi connectivity index (χ1n) is 14.1. The van der Waals surface area contributed by atoms with Crippen LogP contribution in [-0.2, 0) is 11.2 Å². The Bertz CT molecular complexity index is 1280. The fourth-order valence-electron chi connectivity index (χ4n) is 5.59. The molecule has 2 heterocycles. The Morgan fingerprint density at radius 1 is 0.872 bits per heavy atom. The molecule has 1 N–H and O–H groups in total. The third kappa shape index (κ3) is 7.16. The van der Waals surface area contributed by atoms with Crippen LogP contribution < -0.4 is 4.74 Å². The van der Waals surface area contributed by atoms with Crippen molar-refractivity contribution < 1.29 is 19.4 Å². The molecule has 204 valence electrons. The number of carbonyl (C=O) groups excluding carboxylic acids is 2. The van der Waals surface area contributed by atoms with E-state index >= 15 is 0 Å². The largest absolute Gasteiger partial charge is 0.508 e. The van der Waals surface area contributed by atoms with Gasteiger partial charge in [0.1, 0.15) is 11.5 Å². The molecule has 2 aliphatic rings. The minimum absolute atomic E-state index is 0.0188. The molecular formula is C32H37N3O4. The molecular weight excluding hydrogens is 490 g/mol. The molecule has 1 saturated heterocycles. The number of aromatic hydroxyl groups is 1. The Morgan fingerprint density at radius 2 is 1.64 bits per heavy atom. The van der Waals surface area contributed by atoms with Gasteiger partial charge in [-0.05, 0) is 59.9 Å². The summed E-state index contributed by atoms with van der Waals surface area (Å²) in [5.74, 6) is 1.69. The van der Waals surface area contributed by atoms with Crippen LogP contribution in [0, 0.1) is 5.92 Å². The highest BCUT2D eigenvalue weighted by atomic mass is 16.5. The number of rotatable bonds is 8. The molecule has 0 bridgehead atoms. The standard InChI is InChI=1S/C32H37N3O4/c36-29-10-4-8-26(20-29)28-18-25(22-33-23-28)19-31(37)34-13-15-35(16-14-34)32(38)27-9-5-11-30(21-27)39-17-12-24-6-2-1-3-7-24/h4-5,8-11,18,20-24,36H,1-3,6-7,12-17,19H2. The van der Waals surface area contributed by atoms with Gasteiger partial charge < -0.3 is 19.6 Å². The maximum absolute atomic E-state index is 13.2. The molecule has 1 aliphatic carbocycles. The summed E-state index contributed by atoms with van der Waals surface area (Å²) in [6.45, 7) is 2.69. The molecule has 0 radical (unpaired) electrons. The number of hydrogen-bond donors (Lipinski definition) is 1. The van der Waals surface area contributed by atoms with E-state index in [9.17, 15) is 14.7 Å². The van der Waals surface area contributed by atoms with E-state index < -0.39 is 0 Å². The lowest BCUT2D eigenvalue weighted by Crippen LogP contribution is -2.51. The lowest BCUT2D eigenvalue weighted by Gasteiger charge is -2.35. The van der Waals surface area contributed by atoms with Crippen LogP contribution in [0.15, 0.2) is 67.0 Å². The Hall–Kier alpha value is -3.87. The fraction of sp³-hybridized carbons (Fsp3) is 0.406. The van der Waals surface area contributed by atoms with Crippen molar-refractivity contribution in [2.75, 3.05) is 32.8 Å². The smallest absolute Gasteiger partial charge is 0.254 e. The summed E-state index contributed by atoms with van der Waals surface area (Å²) in [6.07, 6.45) is 11.4. The summed E-state index contributed by atoms with van der Waals surface area (Å²) in [5.41, 5.74) is 3.15. The van der Waals surface area contributed by atoms with Gasteiger partial charge in [0.25, 0.3) is 5.91 Å². The van der Waals surface area contributed by atoms with Gasteiger partial charge in [-0.15, -0.1) is 0 Å². The van der Waals surface area contributed by atoms with Crippen LogP contribution in [0.3, 0.4) is 0 Å². The van der Waals surface area contributed by atoms with Crippen molar-refractivity contribution in [1.29, 1.82) is 0 Å². The molecule has 3 aromatic rings. The summed E-state index contributed by atoms with van der Waals surface area (Å²) in [7, 11) is 0. The van der Waals surface area contributed by atoms with Gasteiger partial charge in [-0.1, -0.05) is 50.3 Å². The van der Waals surface area contributed by atoms with E-state index in [1.54, 1.807) is 30.6 Å². The molecule has 39 heavy (non-hydrogen) atoms. The normalized spacial score (nSPS) is 16.2. The van der Waals surface area contributed by atoms with Gasteiger partial charge in [0.05, 0.1) is 13.0 Å². The van der Waals surface area contributed by atoms with E-state index in [4.69, 9.17) is 4.74 Å². The fourth-order valence-corrected chi connectivity index (χ4v) is 5.59. The minimum Gasteiger partial charge on any atom is -0.508 e. The van der Waals surface area contributed by atoms with Gasteiger partial charge in [0, 0.05) is 49.7 Å². The third-order valence-electron chi connectivity index (χ3n) is 7.85.